The molecular formula is C34H39FN4O4. The maximum atomic E-state index is 13.9. The van der Waals surface area contributed by atoms with Crippen LogP contribution in [0.5, 0.6) is 11.5 Å². The zero-order valence-corrected chi connectivity index (χ0v) is 25.1. The van der Waals surface area contributed by atoms with Gasteiger partial charge in [0.05, 0.1) is 26.5 Å². The fraction of sp³-hybridized carbons (Fsp3) is 0.294. The number of rotatable bonds is 13. The van der Waals surface area contributed by atoms with Gasteiger partial charge in [-0.15, -0.1) is 0 Å². The van der Waals surface area contributed by atoms with E-state index in [1.54, 1.807) is 42.3 Å². The fourth-order valence-corrected chi connectivity index (χ4v) is 4.78. The van der Waals surface area contributed by atoms with Crippen molar-refractivity contribution in [3.05, 3.63) is 114 Å². The highest BCUT2D eigenvalue weighted by Gasteiger charge is 2.24. The maximum Gasteiger partial charge on any atom is 0.322 e. The minimum atomic E-state index is -0.398. The molecule has 8 nitrogen and oxygen atoms in total. The molecule has 43 heavy (non-hydrogen) atoms. The van der Waals surface area contributed by atoms with E-state index >= 15 is 0 Å². The monoisotopic (exact) mass is 586 g/mol. The molecule has 0 fully saturated rings. The van der Waals surface area contributed by atoms with Crippen LogP contribution < -0.4 is 14.8 Å². The predicted molar refractivity (Wildman–Crippen MR) is 166 cm³/mol. The summed E-state index contributed by atoms with van der Waals surface area (Å²) < 4.78 is 26.2. The molecule has 1 aromatic heterocycles. The number of nitrogens with zero attached hydrogens (tertiary/aromatic N) is 3. The van der Waals surface area contributed by atoms with Gasteiger partial charge in [-0.3, -0.25) is 4.79 Å². The van der Waals surface area contributed by atoms with Gasteiger partial charge in [-0.1, -0.05) is 56.3 Å². The van der Waals surface area contributed by atoms with Crippen LogP contribution in [0.25, 0.3) is 0 Å². The van der Waals surface area contributed by atoms with E-state index in [4.69, 9.17) is 9.47 Å². The van der Waals surface area contributed by atoms with E-state index in [2.05, 4.69) is 5.32 Å². The van der Waals surface area contributed by atoms with Gasteiger partial charge in [0.1, 0.15) is 23.9 Å². The summed E-state index contributed by atoms with van der Waals surface area (Å²) in [6.07, 6.45) is 1.95. The van der Waals surface area contributed by atoms with Crippen LogP contribution in [0.15, 0.2) is 91.1 Å². The molecule has 3 aromatic carbocycles. The average Bonchev–Trinajstić information content (AvgIpc) is 3.44. The zero-order valence-electron chi connectivity index (χ0n) is 25.1. The lowest BCUT2D eigenvalue weighted by atomic mass is 10.2. The summed E-state index contributed by atoms with van der Waals surface area (Å²) in [4.78, 5) is 30.8. The smallest absolute Gasteiger partial charge is 0.322 e. The quantitative estimate of drug-likeness (QED) is 0.196. The zero-order chi connectivity index (χ0) is 30.8. The van der Waals surface area contributed by atoms with Crippen molar-refractivity contribution >= 4 is 17.6 Å². The Morgan fingerprint density at radius 1 is 0.860 bits per heavy atom. The van der Waals surface area contributed by atoms with Crippen molar-refractivity contribution < 1.29 is 23.5 Å². The Morgan fingerprint density at radius 3 is 2.28 bits per heavy atom. The molecule has 4 rings (SSSR count). The van der Waals surface area contributed by atoms with Gasteiger partial charge < -0.3 is 29.2 Å². The Balaban J connectivity index is 1.55. The van der Waals surface area contributed by atoms with E-state index in [-0.39, 0.29) is 24.2 Å². The number of nitrogens with one attached hydrogen (secondary N) is 1. The summed E-state index contributed by atoms with van der Waals surface area (Å²) in [7, 11) is 3.08. The molecule has 0 unspecified atom stereocenters. The van der Waals surface area contributed by atoms with Crippen molar-refractivity contribution in [1.82, 2.24) is 14.4 Å². The Bertz CT molecular complexity index is 1490. The number of urea groups is 1. The van der Waals surface area contributed by atoms with Crippen molar-refractivity contribution in [2.75, 3.05) is 32.6 Å². The molecule has 226 valence electrons. The van der Waals surface area contributed by atoms with E-state index < -0.39 is 6.03 Å². The number of amides is 3. The maximum absolute atomic E-state index is 13.9. The second-order valence-electron chi connectivity index (χ2n) is 10.8. The van der Waals surface area contributed by atoms with Crippen LogP contribution in [0, 0.1) is 11.7 Å². The molecule has 0 aliphatic rings. The molecule has 4 aromatic rings. The minimum Gasteiger partial charge on any atom is -0.497 e. The van der Waals surface area contributed by atoms with E-state index in [0.717, 1.165) is 16.8 Å². The van der Waals surface area contributed by atoms with Gasteiger partial charge in [0, 0.05) is 37.6 Å². The van der Waals surface area contributed by atoms with Gasteiger partial charge in [-0.2, -0.15) is 0 Å². The summed E-state index contributed by atoms with van der Waals surface area (Å²) >= 11 is 0. The van der Waals surface area contributed by atoms with Crippen molar-refractivity contribution in [2.45, 2.75) is 33.5 Å². The Morgan fingerprint density at radius 2 is 1.60 bits per heavy atom. The normalized spacial score (nSPS) is 10.8. The number of anilines is 1. The fourth-order valence-electron chi connectivity index (χ4n) is 4.78. The molecule has 0 saturated carbocycles. The van der Waals surface area contributed by atoms with E-state index in [0.29, 0.717) is 43.4 Å². The number of carbonyl (C=O) groups is 2. The molecule has 0 saturated heterocycles. The summed E-state index contributed by atoms with van der Waals surface area (Å²) in [6.45, 7) is 5.55. The highest BCUT2D eigenvalue weighted by atomic mass is 19.1. The summed E-state index contributed by atoms with van der Waals surface area (Å²) in [5.41, 5.74) is 3.34. The first-order valence-electron chi connectivity index (χ1n) is 14.2. The lowest BCUT2D eigenvalue weighted by Gasteiger charge is -2.29. The van der Waals surface area contributed by atoms with Crippen LogP contribution in [0.1, 0.15) is 30.7 Å². The van der Waals surface area contributed by atoms with Gasteiger partial charge in [-0.05, 0) is 53.4 Å². The Kier molecular flexibility index (Phi) is 10.8. The molecule has 0 aliphatic carbocycles. The van der Waals surface area contributed by atoms with E-state index in [1.807, 2.05) is 67.1 Å². The van der Waals surface area contributed by atoms with Crippen LogP contribution in [-0.2, 0) is 24.4 Å². The molecule has 0 aliphatic heterocycles. The third-order valence-electron chi connectivity index (χ3n) is 6.96. The highest BCUT2D eigenvalue weighted by Crippen LogP contribution is 2.29. The molecule has 0 spiro atoms. The van der Waals surface area contributed by atoms with Crippen LogP contribution in [0.4, 0.5) is 14.9 Å². The van der Waals surface area contributed by atoms with Crippen LogP contribution in [0.2, 0.25) is 0 Å². The van der Waals surface area contributed by atoms with Gasteiger partial charge in [0.25, 0.3) is 0 Å². The molecule has 0 bridgehead atoms. The summed E-state index contributed by atoms with van der Waals surface area (Å²) in [5, 5.41) is 2.90. The first-order chi connectivity index (χ1) is 20.7. The number of halogens is 1. The molecule has 0 atom stereocenters. The van der Waals surface area contributed by atoms with Gasteiger partial charge in [0.2, 0.25) is 5.91 Å². The summed E-state index contributed by atoms with van der Waals surface area (Å²) in [5.74, 6) is 0.722. The van der Waals surface area contributed by atoms with Gasteiger partial charge in [0.15, 0.2) is 0 Å². The first kappa shape index (κ1) is 31.2. The standard InChI is InChI=1S/C34H39FN4O4/c1-25(2)20-39(34(41)36-31-17-16-30(42-3)19-32(31)43-4)24-33(40)38(22-26-9-6-5-7-10-26)23-29-11-8-18-37(29)21-27-12-14-28(35)15-13-27/h5-19,25H,20-24H2,1-4H3,(H,36,41). The minimum absolute atomic E-state index is 0.103. The van der Waals surface area contributed by atoms with E-state index in [9.17, 15) is 14.0 Å². The number of methoxy groups -OCH3 is 2. The number of hydrogen-bond donors (Lipinski definition) is 1. The predicted octanol–water partition coefficient (Wildman–Crippen LogP) is 6.41. The number of aromatic nitrogens is 1. The second-order valence-corrected chi connectivity index (χ2v) is 10.8. The molecule has 3 amide bonds. The van der Waals surface area contributed by atoms with Crippen LogP contribution >= 0.6 is 0 Å². The second kappa shape index (κ2) is 14.9. The van der Waals surface area contributed by atoms with Crippen LogP contribution in [0.3, 0.4) is 0 Å². The number of benzene rings is 3. The average molecular weight is 587 g/mol. The lowest BCUT2D eigenvalue weighted by molar-refractivity contribution is -0.133. The van der Waals surface area contributed by atoms with Gasteiger partial charge >= 0.3 is 6.03 Å². The van der Waals surface area contributed by atoms with Crippen molar-refractivity contribution in [3.8, 4) is 11.5 Å². The topological polar surface area (TPSA) is 76.0 Å². The molecule has 1 heterocycles. The number of ether oxygens (including phenoxy) is 2. The van der Waals surface area contributed by atoms with Crippen molar-refractivity contribution in [3.63, 3.8) is 0 Å². The molecular weight excluding hydrogens is 547 g/mol. The largest absolute Gasteiger partial charge is 0.497 e. The molecule has 0 radical (unpaired) electrons. The Hall–Kier alpha value is -4.79. The number of carbonyl (C=O) groups excluding carboxylic acids is 2. The lowest BCUT2D eigenvalue weighted by Crippen LogP contribution is -2.45. The SMILES string of the molecule is COc1ccc(NC(=O)N(CC(=O)N(Cc2ccccc2)Cc2cccn2Cc2ccc(F)cc2)CC(C)C)c(OC)c1. The Labute approximate surface area is 252 Å². The van der Waals surface area contributed by atoms with Crippen molar-refractivity contribution in [1.29, 1.82) is 0 Å². The molecule has 9 heteroatoms. The summed E-state index contributed by atoms with van der Waals surface area (Å²) in [6, 6.07) is 24.8. The van der Waals surface area contributed by atoms with Crippen molar-refractivity contribution in [2.24, 2.45) is 5.92 Å². The van der Waals surface area contributed by atoms with Crippen LogP contribution in [-0.4, -0.2) is 53.6 Å². The van der Waals surface area contributed by atoms with E-state index in [1.165, 1.54) is 24.1 Å². The first-order valence-corrected chi connectivity index (χ1v) is 14.2. The highest BCUT2D eigenvalue weighted by molar-refractivity contribution is 5.93. The third kappa shape index (κ3) is 8.85. The van der Waals surface area contributed by atoms with Gasteiger partial charge in [-0.25, -0.2) is 9.18 Å². The third-order valence-corrected chi connectivity index (χ3v) is 6.96. The number of hydrogen-bond acceptors (Lipinski definition) is 4. The molecule has 1 N–H and O–H groups in total.